The Morgan fingerprint density at radius 3 is 2.23 bits per heavy atom. The van der Waals surface area contributed by atoms with Crippen LogP contribution in [0.4, 0.5) is 18.0 Å². The van der Waals surface area contributed by atoms with Crippen molar-refractivity contribution in [2.45, 2.75) is 58.4 Å². The Morgan fingerprint density at radius 1 is 1.13 bits per heavy atom. The van der Waals surface area contributed by atoms with Crippen LogP contribution in [0.1, 0.15) is 62.0 Å². The van der Waals surface area contributed by atoms with Crippen LogP contribution in [0, 0.1) is 5.92 Å². The lowest BCUT2D eigenvalue weighted by Gasteiger charge is -2.25. The minimum atomic E-state index is -4.86. The molecular weight excluding hydrogens is 419 g/mol. The van der Waals surface area contributed by atoms with Crippen LogP contribution in [-0.2, 0) is 20.4 Å². The van der Waals surface area contributed by atoms with Gasteiger partial charge < -0.3 is 19.5 Å². The third kappa shape index (κ3) is 5.89. The third-order valence-corrected chi connectivity index (χ3v) is 4.64. The van der Waals surface area contributed by atoms with Gasteiger partial charge >= 0.3 is 24.2 Å². The molecule has 1 amide bonds. The molecule has 0 radical (unpaired) electrons. The van der Waals surface area contributed by atoms with Gasteiger partial charge in [-0.2, -0.15) is 13.2 Å². The molecule has 172 valence electrons. The first-order chi connectivity index (χ1) is 14.1. The summed E-state index contributed by atoms with van der Waals surface area (Å²) in [4.78, 5) is 38.0. The third-order valence-electron chi connectivity index (χ3n) is 4.64. The molecule has 0 saturated carbocycles. The molecule has 10 heteroatoms. The fourth-order valence-electron chi connectivity index (χ4n) is 3.46. The molecule has 7 nitrogen and oxygen atoms in total. The molecule has 0 unspecified atom stereocenters. The van der Waals surface area contributed by atoms with E-state index in [0.717, 1.165) is 17.0 Å². The number of likely N-dealkylation sites (tertiary alicyclic amines) is 1. The molecule has 0 bridgehead atoms. The normalized spacial score (nSPS) is 19.5. The number of carbonyl (C=O) groups excluding carboxylic acids is 2. The number of esters is 1. The topological polar surface area (TPSA) is 93.1 Å². The highest BCUT2D eigenvalue weighted by Gasteiger charge is 2.45. The average molecular weight is 445 g/mol. The zero-order chi connectivity index (χ0) is 23.7. The largest absolute Gasteiger partial charge is 0.481 e. The smallest absolute Gasteiger partial charge is 0.417 e. The molecule has 1 aliphatic heterocycles. The van der Waals surface area contributed by atoms with Crippen molar-refractivity contribution in [1.29, 1.82) is 0 Å². The summed E-state index contributed by atoms with van der Waals surface area (Å²) in [5, 5.41) is 9.66. The number of hydrogen-bond donors (Lipinski definition) is 1. The first-order valence-corrected chi connectivity index (χ1v) is 9.73. The average Bonchev–Trinajstić information content (AvgIpc) is 3.04. The molecule has 1 N–H and O–H groups in total. The quantitative estimate of drug-likeness (QED) is 0.695. The van der Waals surface area contributed by atoms with Crippen LogP contribution in [0.5, 0.6) is 0 Å². The lowest BCUT2D eigenvalue weighted by atomic mass is 9.84. The summed E-state index contributed by atoms with van der Waals surface area (Å²) in [6, 6.07) is 3.13. The maximum atomic E-state index is 13.7. The second-order valence-electron chi connectivity index (χ2n) is 8.66. The number of aliphatic carboxylic acids is 1. The standard InChI is InChI=1S/C21H26F3NO6/c1-11(2)30-18(28)16-12(7-6-8-15(16)21(22,23)24)13-9-25(10-14(13)17(26)27)19(29)31-20(3,4)5/h6-8,11,13-14H,9-10H2,1-5H3,(H,26,27)/t13-,14-/m0/s1. The molecule has 0 aromatic heterocycles. The molecule has 1 fully saturated rings. The molecule has 0 spiro atoms. The van der Waals surface area contributed by atoms with E-state index in [1.807, 2.05) is 0 Å². The number of hydrogen-bond acceptors (Lipinski definition) is 5. The first-order valence-electron chi connectivity index (χ1n) is 9.73. The van der Waals surface area contributed by atoms with Gasteiger partial charge in [-0.25, -0.2) is 9.59 Å². The zero-order valence-corrected chi connectivity index (χ0v) is 17.9. The van der Waals surface area contributed by atoms with Gasteiger partial charge in [0.15, 0.2) is 0 Å². The van der Waals surface area contributed by atoms with Gasteiger partial charge in [-0.3, -0.25) is 4.79 Å². The number of halogens is 3. The van der Waals surface area contributed by atoms with Gasteiger partial charge in [-0.1, -0.05) is 12.1 Å². The Morgan fingerprint density at radius 2 is 1.74 bits per heavy atom. The number of alkyl halides is 3. The molecule has 31 heavy (non-hydrogen) atoms. The molecule has 2 rings (SSSR count). The van der Waals surface area contributed by atoms with E-state index >= 15 is 0 Å². The molecular formula is C21H26F3NO6. The van der Waals surface area contributed by atoms with Crippen LogP contribution in [-0.4, -0.2) is 52.8 Å². The van der Waals surface area contributed by atoms with Gasteiger partial charge in [0.25, 0.3) is 0 Å². The molecule has 1 heterocycles. The van der Waals surface area contributed by atoms with E-state index in [9.17, 15) is 32.7 Å². The predicted octanol–water partition coefficient (Wildman–Crippen LogP) is 4.31. The van der Waals surface area contributed by atoms with Crippen LogP contribution in [0.2, 0.25) is 0 Å². The highest BCUT2D eigenvalue weighted by atomic mass is 19.4. The van der Waals surface area contributed by atoms with Crippen LogP contribution < -0.4 is 0 Å². The Balaban J connectivity index is 2.55. The summed E-state index contributed by atoms with van der Waals surface area (Å²) >= 11 is 0. The van der Waals surface area contributed by atoms with Crippen molar-refractivity contribution in [1.82, 2.24) is 4.90 Å². The Kier molecular flexibility index (Phi) is 6.92. The van der Waals surface area contributed by atoms with Crippen molar-refractivity contribution in [2.24, 2.45) is 5.92 Å². The van der Waals surface area contributed by atoms with E-state index in [2.05, 4.69) is 0 Å². The van der Waals surface area contributed by atoms with Crippen molar-refractivity contribution in [3.63, 3.8) is 0 Å². The maximum Gasteiger partial charge on any atom is 0.417 e. The van der Waals surface area contributed by atoms with Crippen LogP contribution in [0.15, 0.2) is 18.2 Å². The first kappa shape index (κ1) is 24.5. The van der Waals surface area contributed by atoms with Gasteiger partial charge in [0.2, 0.25) is 0 Å². The maximum absolute atomic E-state index is 13.7. The zero-order valence-electron chi connectivity index (χ0n) is 17.9. The van der Waals surface area contributed by atoms with Crippen LogP contribution in [0.3, 0.4) is 0 Å². The van der Waals surface area contributed by atoms with Gasteiger partial charge in [0.1, 0.15) is 5.60 Å². The predicted molar refractivity (Wildman–Crippen MR) is 104 cm³/mol. The summed E-state index contributed by atoms with van der Waals surface area (Å²) in [5.41, 5.74) is -2.91. The molecule has 1 saturated heterocycles. The SMILES string of the molecule is CC(C)OC(=O)c1c([C@@H]2CN(C(=O)OC(C)(C)C)C[C@@H]2C(=O)O)cccc1C(F)(F)F. The van der Waals surface area contributed by atoms with Gasteiger partial charge in [-0.05, 0) is 46.2 Å². The monoisotopic (exact) mass is 445 g/mol. The second-order valence-corrected chi connectivity index (χ2v) is 8.66. The minimum Gasteiger partial charge on any atom is -0.481 e. The van der Waals surface area contributed by atoms with Gasteiger partial charge in [0.05, 0.1) is 23.1 Å². The molecule has 1 aromatic rings. The number of carbonyl (C=O) groups is 3. The van der Waals surface area contributed by atoms with Gasteiger partial charge in [-0.15, -0.1) is 0 Å². The Labute approximate surface area is 178 Å². The van der Waals surface area contributed by atoms with E-state index in [-0.39, 0.29) is 18.7 Å². The summed E-state index contributed by atoms with van der Waals surface area (Å²) in [6.45, 7) is 7.43. The highest BCUT2D eigenvalue weighted by molar-refractivity contribution is 5.94. The minimum absolute atomic E-state index is 0.126. The van der Waals surface area contributed by atoms with Gasteiger partial charge in [0, 0.05) is 19.0 Å². The Bertz CT molecular complexity index is 860. The molecule has 1 aromatic carbocycles. The fourth-order valence-corrected chi connectivity index (χ4v) is 3.46. The summed E-state index contributed by atoms with van der Waals surface area (Å²) in [6.07, 6.45) is -6.32. The number of amides is 1. The summed E-state index contributed by atoms with van der Waals surface area (Å²) in [7, 11) is 0. The van der Waals surface area contributed by atoms with E-state index < -0.39 is 58.9 Å². The molecule has 1 aliphatic rings. The summed E-state index contributed by atoms with van der Waals surface area (Å²) in [5.74, 6) is -4.77. The van der Waals surface area contributed by atoms with Crippen molar-refractivity contribution in [3.05, 3.63) is 34.9 Å². The lowest BCUT2D eigenvalue weighted by Crippen LogP contribution is -2.36. The van der Waals surface area contributed by atoms with Crippen LogP contribution in [0.25, 0.3) is 0 Å². The highest BCUT2D eigenvalue weighted by Crippen LogP contribution is 2.40. The number of carboxylic acid groups (broad SMARTS) is 1. The fraction of sp³-hybridized carbons (Fsp3) is 0.571. The van der Waals surface area contributed by atoms with E-state index in [0.29, 0.717) is 0 Å². The van der Waals surface area contributed by atoms with Crippen LogP contribution >= 0.6 is 0 Å². The molecule has 0 aliphatic carbocycles. The number of benzene rings is 1. The Hall–Kier alpha value is -2.78. The number of carboxylic acids is 1. The second kappa shape index (κ2) is 8.76. The van der Waals surface area contributed by atoms with Crippen molar-refractivity contribution in [2.75, 3.05) is 13.1 Å². The number of ether oxygens (including phenoxy) is 2. The van der Waals surface area contributed by atoms with E-state index in [4.69, 9.17) is 9.47 Å². The number of rotatable bonds is 4. The summed E-state index contributed by atoms with van der Waals surface area (Å²) < 4.78 is 51.2. The molecule has 2 atom stereocenters. The van der Waals surface area contributed by atoms with E-state index in [1.165, 1.54) is 19.9 Å². The van der Waals surface area contributed by atoms with Crippen molar-refractivity contribution < 1.29 is 42.1 Å². The van der Waals surface area contributed by atoms with Crippen molar-refractivity contribution >= 4 is 18.0 Å². The lowest BCUT2D eigenvalue weighted by molar-refractivity contribution is -0.141. The number of nitrogens with zero attached hydrogens (tertiary/aromatic N) is 1. The van der Waals surface area contributed by atoms with E-state index in [1.54, 1.807) is 20.8 Å². The van der Waals surface area contributed by atoms with Crippen molar-refractivity contribution in [3.8, 4) is 0 Å².